The van der Waals surface area contributed by atoms with Crippen molar-refractivity contribution >= 4 is 57.6 Å². The predicted molar refractivity (Wildman–Crippen MR) is 92.3 cm³/mol. The Kier molecular flexibility index (Phi) is 4.50. The van der Waals surface area contributed by atoms with Gasteiger partial charge in [-0.15, -0.1) is 0 Å². The molecule has 132 valence electrons. The van der Waals surface area contributed by atoms with Crippen molar-refractivity contribution in [3.8, 4) is 0 Å². The molecule has 11 heteroatoms. The Morgan fingerprint density at radius 2 is 2.00 bits per heavy atom. The molecule has 1 aromatic rings. The van der Waals surface area contributed by atoms with Crippen LogP contribution in [0.15, 0.2) is 33.0 Å². The maximum atomic E-state index is 12.9. The number of aliphatic carboxylic acids is 1. The molecule has 1 N–H and O–H groups in total. The van der Waals surface area contributed by atoms with Gasteiger partial charge >= 0.3 is 12.1 Å². The van der Waals surface area contributed by atoms with Crippen LogP contribution in [-0.4, -0.2) is 39.8 Å². The number of carbonyl (C=O) groups excluding carboxylic acids is 1. The normalized spacial score (nSPS) is 20.5. The van der Waals surface area contributed by atoms with Crippen molar-refractivity contribution in [1.82, 2.24) is 4.90 Å². The summed E-state index contributed by atoms with van der Waals surface area (Å²) in [7, 11) is 1.55. The standard InChI is InChI=1S/C14H9F3N2O3S3/c1-18-7-4-6(14(15,16)17)2-3-8(7)24-12(18)10-11(22)19(5-9(20)21)13(23)25-10/h2-4H,5H2,1H3,(H,20,21)/b12-10+. The molecular weight excluding hydrogens is 397 g/mol. The van der Waals surface area contributed by atoms with E-state index in [-0.39, 0.29) is 9.23 Å². The van der Waals surface area contributed by atoms with Crippen LogP contribution in [0.3, 0.4) is 0 Å². The Morgan fingerprint density at radius 1 is 1.32 bits per heavy atom. The molecule has 0 saturated carbocycles. The Hall–Kier alpha value is -1.72. The number of rotatable bonds is 2. The van der Waals surface area contributed by atoms with Crippen molar-refractivity contribution in [1.29, 1.82) is 0 Å². The lowest BCUT2D eigenvalue weighted by Crippen LogP contribution is -2.33. The van der Waals surface area contributed by atoms with Gasteiger partial charge < -0.3 is 10.0 Å². The van der Waals surface area contributed by atoms with Crippen molar-refractivity contribution in [2.75, 3.05) is 18.5 Å². The van der Waals surface area contributed by atoms with Crippen LogP contribution in [0.2, 0.25) is 0 Å². The highest BCUT2D eigenvalue weighted by molar-refractivity contribution is 8.27. The number of hydrogen-bond donors (Lipinski definition) is 1. The van der Waals surface area contributed by atoms with Crippen LogP contribution in [-0.2, 0) is 15.8 Å². The zero-order valence-corrected chi connectivity index (χ0v) is 14.9. The van der Waals surface area contributed by atoms with Crippen molar-refractivity contribution in [3.63, 3.8) is 0 Å². The first-order chi connectivity index (χ1) is 11.6. The summed E-state index contributed by atoms with van der Waals surface area (Å²) in [5.74, 6) is -1.76. The smallest absolute Gasteiger partial charge is 0.416 e. The molecule has 1 saturated heterocycles. The van der Waals surface area contributed by atoms with Crippen LogP contribution in [0.5, 0.6) is 0 Å². The zero-order valence-electron chi connectivity index (χ0n) is 12.5. The topological polar surface area (TPSA) is 60.9 Å². The molecule has 0 atom stereocenters. The first-order valence-corrected chi connectivity index (χ1v) is 8.76. The minimum absolute atomic E-state index is 0.107. The number of anilines is 1. The average molecular weight is 406 g/mol. The first-order valence-electron chi connectivity index (χ1n) is 6.72. The number of alkyl halides is 3. The second kappa shape index (κ2) is 6.22. The number of benzene rings is 1. The van der Waals surface area contributed by atoms with Crippen molar-refractivity contribution in [2.45, 2.75) is 11.1 Å². The van der Waals surface area contributed by atoms with E-state index in [0.717, 1.165) is 40.6 Å². The molecule has 1 fully saturated rings. The number of fused-ring (bicyclic) bond motifs is 1. The summed E-state index contributed by atoms with van der Waals surface area (Å²) in [6.45, 7) is -0.555. The van der Waals surface area contributed by atoms with Crippen LogP contribution in [0.1, 0.15) is 5.56 Å². The van der Waals surface area contributed by atoms with E-state index in [9.17, 15) is 22.8 Å². The number of carboxylic acid groups (broad SMARTS) is 1. The van der Waals surface area contributed by atoms with E-state index in [1.807, 2.05) is 0 Å². The van der Waals surface area contributed by atoms with Gasteiger partial charge in [-0.1, -0.05) is 35.7 Å². The molecule has 0 aliphatic carbocycles. The summed E-state index contributed by atoms with van der Waals surface area (Å²) in [6.07, 6.45) is -4.46. The van der Waals surface area contributed by atoms with Crippen LogP contribution in [0, 0.1) is 0 Å². The van der Waals surface area contributed by atoms with Crippen LogP contribution in [0.4, 0.5) is 18.9 Å². The van der Waals surface area contributed by atoms with Crippen LogP contribution < -0.4 is 4.90 Å². The highest BCUT2D eigenvalue weighted by atomic mass is 32.2. The number of carbonyl (C=O) groups is 2. The van der Waals surface area contributed by atoms with Gasteiger partial charge in [0.1, 0.15) is 15.8 Å². The van der Waals surface area contributed by atoms with Crippen molar-refractivity contribution < 1.29 is 27.9 Å². The predicted octanol–water partition coefficient (Wildman–Crippen LogP) is 3.36. The number of thiocarbonyl (C=S) groups is 1. The lowest BCUT2D eigenvalue weighted by atomic mass is 10.2. The molecule has 0 aromatic heterocycles. The second-order valence-corrected chi connectivity index (χ2v) is 7.80. The number of halogens is 3. The molecule has 0 radical (unpaired) electrons. The van der Waals surface area contributed by atoms with Crippen LogP contribution in [0.25, 0.3) is 0 Å². The number of amides is 1. The SMILES string of the molecule is CN1/C(=C2\SC(=S)N(CC(=O)O)C2=O)Sc2ccc(C(F)(F)F)cc21. The number of thioether (sulfide) groups is 2. The van der Waals surface area contributed by atoms with Gasteiger partial charge in [-0.25, -0.2) is 0 Å². The molecule has 1 amide bonds. The fraction of sp³-hybridized carbons (Fsp3) is 0.214. The minimum atomic E-state index is -4.46. The van der Waals surface area contributed by atoms with Gasteiger partial charge in [0.25, 0.3) is 5.91 Å². The third-order valence-corrected chi connectivity index (χ3v) is 6.30. The largest absolute Gasteiger partial charge is 0.480 e. The molecule has 0 unspecified atom stereocenters. The highest BCUT2D eigenvalue weighted by Crippen LogP contribution is 2.51. The third-order valence-electron chi connectivity index (χ3n) is 3.50. The number of nitrogens with zero attached hydrogens (tertiary/aromatic N) is 2. The molecule has 0 spiro atoms. The molecule has 25 heavy (non-hydrogen) atoms. The van der Waals surface area contributed by atoms with Crippen LogP contribution >= 0.6 is 35.7 Å². The van der Waals surface area contributed by atoms with Gasteiger partial charge in [-0.3, -0.25) is 14.5 Å². The van der Waals surface area contributed by atoms with E-state index in [2.05, 4.69) is 0 Å². The maximum absolute atomic E-state index is 12.9. The molecule has 5 nitrogen and oxygen atoms in total. The van der Waals surface area contributed by atoms with Gasteiger partial charge in [-0.2, -0.15) is 13.2 Å². The molecule has 2 aliphatic rings. The van der Waals surface area contributed by atoms with Gasteiger partial charge in [0, 0.05) is 11.9 Å². The monoisotopic (exact) mass is 406 g/mol. The van der Waals surface area contributed by atoms with Gasteiger partial charge in [0.15, 0.2) is 0 Å². The summed E-state index contributed by atoms with van der Waals surface area (Å²) in [5, 5.41) is 9.29. The average Bonchev–Trinajstić information content (AvgIpc) is 2.97. The summed E-state index contributed by atoms with van der Waals surface area (Å²) in [6, 6.07) is 3.36. The minimum Gasteiger partial charge on any atom is -0.480 e. The summed E-state index contributed by atoms with van der Waals surface area (Å²) in [5.41, 5.74) is -0.447. The van der Waals surface area contributed by atoms with E-state index in [1.165, 1.54) is 11.0 Å². The van der Waals surface area contributed by atoms with Gasteiger partial charge in [0.05, 0.1) is 16.3 Å². The Labute approximate surface area is 153 Å². The van der Waals surface area contributed by atoms with E-state index < -0.39 is 30.2 Å². The van der Waals surface area contributed by atoms with E-state index in [4.69, 9.17) is 17.3 Å². The van der Waals surface area contributed by atoms with Crippen molar-refractivity contribution in [3.05, 3.63) is 33.7 Å². The first kappa shape index (κ1) is 18.1. The number of hydrogen-bond acceptors (Lipinski definition) is 6. The fourth-order valence-electron chi connectivity index (χ4n) is 2.32. The van der Waals surface area contributed by atoms with E-state index in [0.29, 0.717) is 15.6 Å². The molecule has 2 aliphatic heterocycles. The quantitative estimate of drug-likeness (QED) is 0.597. The Bertz CT molecular complexity index is 838. The summed E-state index contributed by atoms with van der Waals surface area (Å²) >= 11 is 7.13. The Morgan fingerprint density at radius 3 is 2.60 bits per heavy atom. The molecule has 1 aromatic carbocycles. The third kappa shape index (κ3) is 3.23. The van der Waals surface area contributed by atoms with Gasteiger partial charge in [-0.05, 0) is 18.2 Å². The van der Waals surface area contributed by atoms with E-state index in [1.54, 1.807) is 7.05 Å². The van der Waals surface area contributed by atoms with Gasteiger partial charge in [0.2, 0.25) is 0 Å². The molecule has 3 rings (SSSR count). The molecule has 0 bridgehead atoms. The second-order valence-electron chi connectivity index (χ2n) is 5.13. The molecular formula is C14H9F3N2O3S3. The number of carboxylic acids is 1. The zero-order chi connectivity index (χ0) is 18.5. The summed E-state index contributed by atoms with van der Waals surface area (Å²) < 4.78 is 38.8. The highest BCUT2D eigenvalue weighted by Gasteiger charge is 2.40. The Balaban J connectivity index is 1.97. The van der Waals surface area contributed by atoms with Crippen molar-refractivity contribution in [2.24, 2.45) is 0 Å². The lowest BCUT2D eigenvalue weighted by molar-refractivity contribution is -0.140. The van der Waals surface area contributed by atoms with E-state index >= 15 is 0 Å². The molecule has 2 heterocycles. The fourth-order valence-corrected chi connectivity index (χ4v) is 4.88. The summed E-state index contributed by atoms with van der Waals surface area (Å²) in [4.78, 5) is 26.5. The lowest BCUT2D eigenvalue weighted by Gasteiger charge is -2.16. The maximum Gasteiger partial charge on any atom is 0.416 e.